The maximum Gasteiger partial charge on any atom is 0.0558 e. The number of aliphatic hydroxyl groups is 4. The Kier molecular flexibility index (Phi) is 20.7. The summed E-state index contributed by atoms with van der Waals surface area (Å²) in [5.41, 5.74) is 0. The minimum absolute atomic E-state index is 0.113. The lowest BCUT2D eigenvalue weighted by molar-refractivity contribution is 0.0870. The first-order valence-electron chi connectivity index (χ1n) is 9.82. The third kappa shape index (κ3) is 17.1. The normalized spacial score (nSPS) is 11.8. The van der Waals surface area contributed by atoms with Gasteiger partial charge in [-0.1, -0.05) is 0 Å². The Labute approximate surface area is 158 Å². The average molecular weight is 381 g/mol. The van der Waals surface area contributed by atoms with Gasteiger partial charge in [-0.3, -0.25) is 9.80 Å². The Balaban J connectivity index is 3.33. The molecule has 0 aliphatic carbocycles. The van der Waals surface area contributed by atoms with Crippen LogP contribution in [0.1, 0.15) is 25.7 Å². The summed E-state index contributed by atoms with van der Waals surface area (Å²) in [5, 5.41) is 35.7. The molecule has 8 heteroatoms. The van der Waals surface area contributed by atoms with E-state index in [1.165, 1.54) is 0 Å². The van der Waals surface area contributed by atoms with Crippen LogP contribution >= 0.6 is 0 Å². The Morgan fingerprint density at radius 3 is 1.04 bits per heavy atom. The van der Waals surface area contributed by atoms with E-state index < -0.39 is 0 Å². The second-order valence-corrected chi connectivity index (χ2v) is 6.22. The molecule has 0 saturated heterocycles. The fourth-order valence-corrected chi connectivity index (χ4v) is 2.63. The number of rotatable bonds is 21. The molecule has 0 saturated carbocycles. The highest BCUT2D eigenvalue weighted by atomic mass is 16.5. The second kappa shape index (κ2) is 21.0. The first kappa shape index (κ1) is 25.7. The minimum Gasteiger partial charge on any atom is -0.395 e. The maximum atomic E-state index is 8.93. The molecule has 0 radical (unpaired) electrons. The first-order chi connectivity index (χ1) is 12.8. The molecule has 0 unspecified atom stereocenters. The summed E-state index contributed by atoms with van der Waals surface area (Å²) in [6.45, 7) is 7.32. The van der Waals surface area contributed by atoms with Gasteiger partial charge in [0.2, 0.25) is 0 Å². The van der Waals surface area contributed by atoms with E-state index in [1.807, 2.05) is 9.80 Å². The van der Waals surface area contributed by atoms with Crippen molar-refractivity contribution in [2.45, 2.75) is 25.7 Å². The van der Waals surface area contributed by atoms with Gasteiger partial charge in [0.1, 0.15) is 0 Å². The zero-order chi connectivity index (χ0) is 19.3. The molecule has 0 heterocycles. The highest BCUT2D eigenvalue weighted by Crippen LogP contribution is 1.97. The van der Waals surface area contributed by atoms with Crippen molar-refractivity contribution in [1.82, 2.24) is 9.80 Å². The molecular weight excluding hydrogens is 340 g/mol. The van der Waals surface area contributed by atoms with E-state index in [0.717, 1.165) is 52.0 Å². The molecular formula is C18H40N2O6. The van der Waals surface area contributed by atoms with Crippen LogP contribution in [0.25, 0.3) is 0 Å². The predicted molar refractivity (Wildman–Crippen MR) is 101 cm³/mol. The fraction of sp³-hybridized carbons (Fsp3) is 1.00. The number of hydrogen-bond donors (Lipinski definition) is 4. The lowest BCUT2D eigenvalue weighted by atomic mass is 10.3. The van der Waals surface area contributed by atoms with Gasteiger partial charge in [0.15, 0.2) is 0 Å². The summed E-state index contributed by atoms with van der Waals surface area (Å²) >= 11 is 0. The van der Waals surface area contributed by atoms with Crippen LogP contribution in [0.3, 0.4) is 0 Å². The van der Waals surface area contributed by atoms with E-state index in [-0.39, 0.29) is 26.4 Å². The van der Waals surface area contributed by atoms with E-state index in [9.17, 15) is 0 Å². The average Bonchev–Trinajstić information content (AvgIpc) is 2.63. The fourth-order valence-electron chi connectivity index (χ4n) is 2.63. The van der Waals surface area contributed by atoms with Crippen molar-refractivity contribution < 1.29 is 29.9 Å². The molecule has 26 heavy (non-hydrogen) atoms. The highest BCUT2D eigenvalue weighted by molar-refractivity contribution is 4.57. The Hall–Kier alpha value is -0.320. The lowest BCUT2D eigenvalue weighted by Crippen LogP contribution is -2.31. The summed E-state index contributed by atoms with van der Waals surface area (Å²) in [5.74, 6) is 0. The van der Waals surface area contributed by atoms with Crippen LogP contribution < -0.4 is 0 Å². The standard InChI is InChI=1S/C18H40N2O6/c21-11-7-19(8-12-22)5-3-17-25-15-1-2-16-26-18-4-6-20(9-13-23)10-14-24/h21-24H,1-18H2. The molecule has 0 fully saturated rings. The maximum absolute atomic E-state index is 8.93. The number of hydrogen-bond acceptors (Lipinski definition) is 8. The number of ether oxygens (including phenoxy) is 2. The van der Waals surface area contributed by atoms with E-state index in [4.69, 9.17) is 29.9 Å². The van der Waals surface area contributed by atoms with E-state index >= 15 is 0 Å². The lowest BCUT2D eigenvalue weighted by Gasteiger charge is -2.19. The van der Waals surface area contributed by atoms with Gasteiger partial charge >= 0.3 is 0 Å². The molecule has 0 aromatic heterocycles. The van der Waals surface area contributed by atoms with Gasteiger partial charge in [-0.25, -0.2) is 0 Å². The molecule has 0 bridgehead atoms. The quantitative estimate of drug-likeness (QED) is 0.191. The van der Waals surface area contributed by atoms with Crippen molar-refractivity contribution in [3.8, 4) is 0 Å². The first-order valence-corrected chi connectivity index (χ1v) is 9.82. The van der Waals surface area contributed by atoms with Gasteiger partial charge in [-0.2, -0.15) is 0 Å². The van der Waals surface area contributed by atoms with Crippen LogP contribution in [0.4, 0.5) is 0 Å². The van der Waals surface area contributed by atoms with Crippen LogP contribution in [0, 0.1) is 0 Å². The number of unbranched alkanes of at least 4 members (excludes halogenated alkanes) is 1. The molecule has 0 aliphatic heterocycles. The van der Waals surface area contributed by atoms with Crippen molar-refractivity contribution in [1.29, 1.82) is 0 Å². The molecule has 0 amide bonds. The molecule has 0 spiro atoms. The third-order valence-corrected chi connectivity index (χ3v) is 4.02. The summed E-state index contributed by atoms with van der Waals surface area (Å²) in [4.78, 5) is 4.05. The van der Waals surface area contributed by atoms with Gasteiger partial charge in [0.25, 0.3) is 0 Å². The highest BCUT2D eigenvalue weighted by Gasteiger charge is 2.03. The van der Waals surface area contributed by atoms with Crippen molar-refractivity contribution in [2.24, 2.45) is 0 Å². The van der Waals surface area contributed by atoms with Crippen LogP contribution in [0.2, 0.25) is 0 Å². The summed E-state index contributed by atoms with van der Waals surface area (Å²) < 4.78 is 11.2. The molecule has 0 aromatic rings. The van der Waals surface area contributed by atoms with E-state index in [1.54, 1.807) is 0 Å². The Bertz CT molecular complexity index is 236. The summed E-state index contributed by atoms with van der Waals surface area (Å²) in [7, 11) is 0. The summed E-state index contributed by atoms with van der Waals surface area (Å²) in [6.07, 6.45) is 3.74. The zero-order valence-corrected chi connectivity index (χ0v) is 16.2. The van der Waals surface area contributed by atoms with Crippen LogP contribution in [0.15, 0.2) is 0 Å². The van der Waals surface area contributed by atoms with Crippen LogP contribution in [-0.2, 0) is 9.47 Å². The van der Waals surface area contributed by atoms with Gasteiger partial charge in [-0.15, -0.1) is 0 Å². The summed E-state index contributed by atoms with van der Waals surface area (Å²) in [6, 6.07) is 0. The predicted octanol–water partition coefficient (Wildman–Crippen LogP) is -0.847. The molecule has 0 aliphatic rings. The monoisotopic (exact) mass is 380 g/mol. The molecule has 0 aromatic carbocycles. The number of nitrogens with zero attached hydrogens (tertiary/aromatic N) is 2. The van der Waals surface area contributed by atoms with Crippen molar-refractivity contribution >= 4 is 0 Å². The molecule has 158 valence electrons. The topological polar surface area (TPSA) is 106 Å². The van der Waals surface area contributed by atoms with Crippen molar-refractivity contribution in [3.05, 3.63) is 0 Å². The second-order valence-electron chi connectivity index (χ2n) is 6.22. The van der Waals surface area contributed by atoms with Crippen molar-refractivity contribution in [2.75, 3.05) is 92.1 Å². The van der Waals surface area contributed by atoms with Gasteiger partial charge in [-0.05, 0) is 25.7 Å². The smallest absolute Gasteiger partial charge is 0.0558 e. The molecule has 4 N–H and O–H groups in total. The van der Waals surface area contributed by atoms with Crippen LogP contribution in [0.5, 0.6) is 0 Å². The number of aliphatic hydroxyl groups excluding tert-OH is 4. The zero-order valence-electron chi connectivity index (χ0n) is 16.2. The Morgan fingerprint density at radius 2 is 0.731 bits per heavy atom. The molecule has 8 nitrogen and oxygen atoms in total. The van der Waals surface area contributed by atoms with E-state index in [2.05, 4.69) is 0 Å². The molecule has 0 atom stereocenters. The van der Waals surface area contributed by atoms with Gasteiger partial charge in [0.05, 0.1) is 26.4 Å². The minimum atomic E-state index is 0.113. The Morgan fingerprint density at radius 1 is 0.423 bits per heavy atom. The third-order valence-electron chi connectivity index (χ3n) is 4.02. The van der Waals surface area contributed by atoms with Crippen molar-refractivity contribution in [3.63, 3.8) is 0 Å². The SMILES string of the molecule is OCCN(CCO)CCCOCCCCOCCCN(CCO)CCO. The van der Waals surface area contributed by atoms with E-state index in [0.29, 0.717) is 39.4 Å². The van der Waals surface area contributed by atoms with Crippen LogP contribution in [-0.4, -0.2) is 122 Å². The molecule has 0 rings (SSSR count). The van der Waals surface area contributed by atoms with Gasteiger partial charge < -0.3 is 29.9 Å². The van der Waals surface area contributed by atoms with Gasteiger partial charge in [0, 0.05) is 65.7 Å². The largest absolute Gasteiger partial charge is 0.395 e.